The molecule has 3 rings (SSSR count). The van der Waals surface area contributed by atoms with Crippen LogP contribution in [0.2, 0.25) is 0 Å². The Morgan fingerprint density at radius 2 is 1.78 bits per heavy atom. The van der Waals surface area contributed by atoms with Crippen LogP contribution in [0.5, 0.6) is 0 Å². The quantitative estimate of drug-likeness (QED) is 0.540. The van der Waals surface area contributed by atoms with E-state index in [1.165, 1.54) is 11.8 Å². The normalized spacial score (nSPS) is 15.7. The van der Waals surface area contributed by atoms with E-state index in [-0.39, 0.29) is 12.4 Å². The van der Waals surface area contributed by atoms with Crippen molar-refractivity contribution in [2.45, 2.75) is 27.3 Å². The Balaban J connectivity index is 1.70. The number of halogens is 1. The second-order valence-electron chi connectivity index (χ2n) is 8.21. The minimum Gasteiger partial charge on any atom is -0.369 e. The van der Waals surface area contributed by atoms with Gasteiger partial charge < -0.3 is 15.1 Å². The van der Waals surface area contributed by atoms with Crippen LogP contribution < -0.4 is 10.2 Å². The number of aryl methyl sites for hydroxylation is 1. The van der Waals surface area contributed by atoms with E-state index in [0.717, 1.165) is 49.4 Å². The maximum atomic E-state index is 14.2. The van der Waals surface area contributed by atoms with Crippen molar-refractivity contribution in [3.63, 3.8) is 0 Å². The van der Waals surface area contributed by atoms with Crippen molar-refractivity contribution in [1.29, 1.82) is 0 Å². The highest BCUT2D eigenvalue weighted by molar-refractivity contribution is 6.14. The Labute approximate surface area is 191 Å². The number of aliphatic imine (C=N–C) groups is 2. The lowest BCUT2D eigenvalue weighted by atomic mass is 10.1. The first kappa shape index (κ1) is 23.7. The zero-order valence-corrected chi connectivity index (χ0v) is 19.7. The van der Waals surface area contributed by atoms with Gasteiger partial charge in [0.15, 0.2) is 0 Å². The summed E-state index contributed by atoms with van der Waals surface area (Å²) in [4.78, 5) is 13.9. The van der Waals surface area contributed by atoms with Gasteiger partial charge >= 0.3 is 0 Å². The summed E-state index contributed by atoms with van der Waals surface area (Å²) in [6, 6.07) is 13.6. The largest absolute Gasteiger partial charge is 0.369 e. The summed E-state index contributed by atoms with van der Waals surface area (Å²) in [7, 11) is 1.75. The highest BCUT2D eigenvalue weighted by atomic mass is 19.1. The van der Waals surface area contributed by atoms with Crippen molar-refractivity contribution in [2.24, 2.45) is 9.98 Å². The fourth-order valence-electron chi connectivity index (χ4n) is 3.75. The summed E-state index contributed by atoms with van der Waals surface area (Å²) in [6.07, 6.45) is 0. The molecule has 2 aromatic rings. The van der Waals surface area contributed by atoms with Crippen molar-refractivity contribution < 1.29 is 4.39 Å². The molecule has 0 aliphatic carbocycles. The van der Waals surface area contributed by atoms with Gasteiger partial charge in [-0.05, 0) is 61.9 Å². The highest BCUT2D eigenvalue weighted by Crippen LogP contribution is 2.18. The van der Waals surface area contributed by atoms with E-state index >= 15 is 0 Å². The summed E-state index contributed by atoms with van der Waals surface area (Å²) in [5, 5.41) is 3.29. The summed E-state index contributed by atoms with van der Waals surface area (Å²) < 4.78 is 14.2. The van der Waals surface area contributed by atoms with Gasteiger partial charge in [-0.1, -0.05) is 25.6 Å². The van der Waals surface area contributed by atoms with Gasteiger partial charge in [-0.3, -0.25) is 9.98 Å². The van der Waals surface area contributed by atoms with Gasteiger partial charge in [0.1, 0.15) is 17.5 Å². The first-order valence-electron chi connectivity index (χ1n) is 11.2. The first-order chi connectivity index (χ1) is 15.4. The summed E-state index contributed by atoms with van der Waals surface area (Å²) in [6.45, 7) is 15.6. The average molecular weight is 436 g/mol. The number of anilines is 1. The highest BCUT2D eigenvalue weighted by Gasteiger charge is 2.16. The lowest BCUT2D eigenvalue weighted by molar-refractivity contribution is 0.271. The van der Waals surface area contributed by atoms with Crippen LogP contribution in [0.1, 0.15) is 30.5 Å². The van der Waals surface area contributed by atoms with Crippen molar-refractivity contribution in [3.05, 3.63) is 77.1 Å². The predicted octanol–water partition coefficient (Wildman–Crippen LogP) is 4.42. The van der Waals surface area contributed by atoms with Crippen LogP contribution in [0.15, 0.2) is 64.6 Å². The van der Waals surface area contributed by atoms with Crippen LogP contribution in [0.4, 0.5) is 10.1 Å². The van der Waals surface area contributed by atoms with Crippen LogP contribution in [0.25, 0.3) is 0 Å². The SMILES string of the molecule is C=C(C)C(=NCc1ccc(C)cc1F)NC(=NC)c1ccc(N2CCN(CC)CC2)cc1. The van der Waals surface area contributed by atoms with Gasteiger partial charge in [-0.15, -0.1) is 0 Å². The molecule has 1 aliphatic heterocycles. The first-order valence-corrected chi connectivity index (χ1v) is 11.2. The van der Waals surface area contributed by atoms with Crippen molar-refractivity contribution in [2.75, 3.05) is 44.7 Å². The fraction of sp³-hybridized carbons (Fsp3) is 0.385. The Morgan fingerprint density at radius 3 is 2.34 bits per heavy atom. The number of amidine groups is 2. The number of likely N-dealkylation sites (N-methyl/N-ethyl adjacent to an activating group) is 1. The molecule has 6 heteroatoms. The monoisotopic (exact) mass is 435 g/mol. The van der Waals surface area contributed by atoms with Crippen molar-refractivity contribution in [1.82, 2.24) is 10.2 Å². The minimum absolute atomic E-state index is 0.237. The minimum atomic E-state index is -0.241. The number of rotatable bonds is 6. The number of benzene rings is 2. The molecule has 0 unspecified atom stereocenters. The molecular weight excluding hydrogens is 401 g/mol. The maximum Gasteiger partial charge on any atom is 0.133 e. The lowest BCUT2D eigenvalue weighted by Crippen LogP contribution is -2.46. The maximum absolute atomic E-state index is 14.2. The molecule has 1 N–H and O–H groups in total. The summed E-state index contributed by atoms with van der Waals surface area (Å²) in [5.74, 6) is 1.07. The van der Waals surface area contributed by atoms with Gasteiger partial charge in [0.25, 0.3) is 0 Å². The van der Waals surface area contributed by atoms with E-state index in [9.17, 15) is 4.39 Å². The molecule has 0 amide bonds. The molecule has 0 aromatic heterocycles. The molecule has 32 heavy (non-hydrogen) atoms. The number of nitrogens with one attached hydrogen (secondary N) is 1. The van der Waals surface area contributed by atoms with Gasteiger partial charge in [-0.25, -0.2) is 4.39 Å². The van der Waals surface area contributed by atoms with Gasteiger partial charge in [-0.2, -0.15) is 0 Å². The molecule has 2 aromatic carbocycles. The Bertz CT molecular complexity index is 986. The molecule has 1 saturated heterocycles. The van der Waals surface area contributed by atoms with Gasteiger partial charge in [0.05, 0.1) is 6.54 Å². The van der Waals surface area contributed by atoms with Crippen LogP contribution in [-0.4, -0.2) is 56.3 Å². The second kappa shape index (κ2) is 11.0. The van der Waals surface area contributed by atoms with Gasteiger partial charge in [0.2, 0.25) is 0 Å². The van der Waals surface area contributed by atoms with Crippen LogP contribution in [-0.2, 0) is 6.54 Å². The van der Waals surface area contributed by atoms with E-state index < -0.39 is 0 Å². The van der Waals surface area contributed by atoms with Crippen molar-refractivity contribution >= 4 is 17.4 Å². The van der Waals surface area contributed by atoms with Crippen molar-refractivity contribution in [3.8, 4) is 0 Å². The average Bonchev–Trinajstić information content (AvgIpc) is 2.80. The molecule has 0 bridgehead atoms. The molecular formula is C26H34FN5. The van der Waals surface area contributed by atoms with Crippen LogP contribution in [0, 0.1) is 12.7 Å². The molecule has 5 nitrogen and oxygen atoms in total. The molecule has 0 atom stereocenters. The Morgan fingerprint density at radius 1 is 1.09 bits per heavy atom. The number of hydrogen-bond acceptors (Lipinski definition) is 4. The van der Waals surface area contributed by atoms with E-state index in [1.807, 2.05) is 19.9 Å². The molecule has 0 saturated carbocycles. The third kappa shape index (κ3) is 6.04. The summed E-state index contributed by atoms with van der Waals surface area (Å²) >= 11 is 0. The van der Waals surface area contributed by atoms with E-state index in [2.05, 4.69) is 62.9 Å². The number of piperazine rings is 1. The number of nitrogens with zero attached hydrogens (tertiary/aromatic N) is 4. The smallest absolute Gasteiger partial charge is 0.133 e. The molecule has 0 radical (unpaired) electrons. The lowest BCUT2D eigenvalue weighted by Gasteiger charge is -2.35. The third-order valence-corrected chi connectivity index (χ3v) is 5.81. The number of hydrogen-bond donors (Lipinski definition) is 1. The predicted molar refractivity (Wildman–Crippen MR) is 133 cm³/mol. The molecule has 0 spiro atoms. The zero-order valence-electron chi connectivity index (χ0n) is 19.7. The molecule has 1 heterocycles. The van der Waals surface area contributed by atoms with Crippen LogP contribution in [0.3, 0.4) is 0 Å². The topological polar surface area (TPSA) is 43.2 Å². The third-order valence-electron chi connectivity index (χ3n) is 5.81. The standard InChI is InChI=1S/C26H34FN5/c1-6-31-13-15-32(16-14-31)23-11-9-21(10-12-23)26(28-5)30-25(19(2)3)29-18-22-8-7-20(4)17-24(22)27/h7-12,17H,2,6,13-16,18H2,1,3-5H3,(H,28,29,30). The van der Waals surface area contributed by atoms with E-state index in [1.54, 1.807) is 13.1 Å². The molecule has 1 fully saturated rings. The van der Waals surface area contributed by atoms with Crippen LogP contribution >= 0.6 is 0 Å². The van der Waals surface area contributed by atoms with E-state index in [0.29, 0.717) is 17.2 Å². The Hall–Kier alpha value is -2.99. The second-order valence-corrected chi connectivity index (χ2v) is 8.21. The summed E-state index contributed by atoms with van der Waals surface area (Å²) in [5.41, 5.74) is 4.41. The zero-order chi connectivity index (χ0) is 23.1. The Kier molecular flexibility index (Phi) is 8.17. The molecule has 170 valence electrons. The van der Waals surface area contributed by atoms with E-state index in [4.69, 9.17) is 0 Å². The fourth-order valence-corrected chi connectivity index (χ4v) is 3.75. The molecule has 1 aliphatic rings. The van der Waals surface area contributed by atoms with Gasteiger partial charge in [0, 0.05) is 50.0 Å².